The van der Waals surface area contributed by atoms with Crippen molar-refractivity contribution >= 4 is 11.7 Å². The number of nitrogens with zero attached hydrogens (tertiary/aromatic N) is 1. The molecule has 2 aromatic rings. The van der Waals surface area contributed by atoms with Gasteiger partial charge >= 0.3 is 5.97 Å². The minimum absolute atomic E-state index is 0.0236. The molecule has 0 fully saturated rings. The number of rotatable bonds is 3. The van der Waals surface area contributed by atoms with Gasteiger partial charge in [0.1, 0.15) is 5.75 Å². The van der Waals surface area contributed by atoms with Crippen molar-refractivity contribution in [3.05, 3.63) is 47.8 Å². The monoisotopic (exact) mass is 266 g/mol. The molecule has 98 valence electrons. The van der Waals surface area contributed by atoms with Gasteiger partial charge in [0.15, 0.2) is 17.3 Å². The molecule has 0 aliphatic rings. The van der Waals surface area contributed by atoms with Crippen molar-refractivity contribution < 1.29 is 23.4 Å². The maximum atomic E-state index is 13.5. The highest BCUT2D eigenvalue weighted by atomic mass is 19.2. The molecule has 1 heterocycles. The Balaban J connectivity index is 2.34. The van der Waals surface area contributed by atoms with E-state index in [1.54, 1.807) is 0 Å². The van der Waals surface area contributed by atoms with E-state index in [-0.39, 0.29) is 17.1 Å². The highest BCUT2D eigenvalue weighted by Gasteiger charge is 2.14. The van der Waals surface area contributed by atoms with E-state index in [4.69, 9.17) is 15.6 Å². The number of hydrogen-bond donors (Lipinski definition) is 2. The third kappa shape index (κ3) is 2.59. The van der Waals surface area contributed by atoms with Crippen molar-refractivity contribution in [3.63, 3.8) is 0 Å². The molecule has 0 spiro atoms. The number of halogens is 2. The lowest BCUT2D eigenvalue weighted by atomic mass is 10.2. The number of aromatic carboxylic acids is 1. The minimum atomic E-state index is -1.26. The van der Waals surface area contributed by atoms with Gasteiger partial charge in [0, 0.05) is 12.3 Å². The molecule has 0 amide bonds. The van der Waals surface area contributed by atoms with Gasteiger partial charge in [0.2, 0.25) is 5.82 Å². The van der Waals surface area contributed by atoms with Gasteiger partial charge in [-0.05, 0) is 18.2 Å². The van der Waals surface area contributed by atoms with Crippen LogP contribution in [0.5, 0.6) is 11.5 Å². The van der Waals surface area contributed by atoms with Crippen LogP contribution in [0.1, 0.15) is 10.5 Å². The SMILES string of the molecule is Nc1ccc(Oc2ccnc(C(=O)O)c2)c(F)c1F. The Morgan fingerprint density at radius 1 is 1.26 bits per heavy atom. The quantitative estimate of drug-likeness (QED) is 0.833. The summed E-state index contributed by atoms with van der Waals surface area (Å²) in [5.41, 5.74) is 4.58. The van der Waals surface area contributed by atoms with Crippen LogP contribution >= 0.6 is 0 Å². The maximum Gasteiger partial charge on any atom is 0.354 e. The first-order valence-electron chi connectivity index (χ1n) is 5.09. The van der Waals surface area contributed by atoms with Gasteiger partial charge in [-0.15, -0.1) is 0 Å². The molecule has 1 aromatic heterocycles. The normalized spacial score (nSPS) is 10.2. The van der Waals surface area contributed by atoms with Crippen molar-refractivity contribution in [2.45, 2.75) is 0 Å². The second-order valence-corrected chi connectivity index (χ2v) is 3.56. The van der Waals surface area contributed by atoms with Crippen LogP contribution in [-0.4, -0.2) is 16.1 Å². The topological polar surface area (TPSA) is 85.4 Å². The number of ether oxygens (including phenoxy) is 1. The van der Waals surface area contributed by atoms with E-state index in [0.29, 0.717) is 0 Å². The predicted molar refractivity (Wildman–Crippen MR) is 62.0 cm³/mol. The van der Waals surface area contributed by atoms with Crippen LogP contribution in [0.4, 0.5) is 14.5 Å². The van der Waals surface area contributed by atoms with Crippen molar-refractivity contribution in [2.75, 3.05) is 5.73 Å². The molecule has 0 saturated carbocycles. The lowest BCUT2D eigenvalue weighted by molar-refractivity contribution is 0.0690. The summed E-state index contributed by atoms with van der Waals surface area (Å²) in [6.45, 7) is 0. The molecule has 0 saturated heterocycles. The van der Waals surface area contributed by atoms with Gasteiger partial charge in [-0.1, -0.05) is 0 Å². The summed E-state index contributed by atoms with van der Waals surface area (Å²) in [7, 11) is 0. The second-order valence-electron chi connectivity index (χ2n) is 3.56. The van der Waals surface area contributed by atoms with Gasteiger partial charge in [-0.2, -0.15) is 4.39 Å². The summed E-state index contributed by atoms with van der Waals surface area (Å²) in [4.78, 5) is 14.3. The van der Waals surface area contributed by atoms with E-state index in [0.717, 1.165) is 18.2 Å². The summed E-state index contributed by atoms with van der Waals surface area (Å²) >= 11 is 0. The summed E-state index contributed by atoms with van der Waals surface area (Å²) in [5, 5.41) is 8.74. The number of carboxylic acids is 1. The first-order valence-corrected chi connectivity index (χ1v) is 5.09. The van der Waals surface area contributed by atoms with Crippen LogP contribution < -0.4 is 10.5 Å². The maximum absolute atomic E-state index is 13.5. The summed E-state index contributed by atoms with van der Waals surface area (Å²) in [5.74, 6) is -4.09. The Labute approximate surface area is 106 Å². The van der Waals surface area contributed by atoms with E-state index in [2.05, 4.69) is 4.98 Å². The van der Waals surface area contributed by atoms with E-state index in [9.17, 15) is 13.6 Å². The third-order valence-electron chi connectivity index (χ3n) is 2.26. The first kappa shape index (κ1) is 12.7. The fraction of sp³-hybridized carbons (Fsp3) is 0. The Hall–Kier alpha value is -2.70. The number of carbonyl (C=O) groups is 1. The molecule has 0 unspecified atom stereocenters. The Bertz CT molecular complexity index is 647. The Morgan fingerprint density at radius 3 is 2.68 bits per heavy atom. The zero-order valence-corrected chi connectivity index (χ0v) is 9.43. The zero-order chi connectivity index (χ0) is 14.0. The number of nitrogens with two attached hydrogens (primary N) is 1. The average molecular weight is 266 g/mol. The van der Waals surface area contributed by atoms with Crippen LogP contribution in [0, 0.1) is 11.6 Å². The molecule has 0 atom stereocenters. The number of hydrogen-bond acceptors (Lipinski definition) is 4. The number of pyridine rings is 1. The van der Waals surface area contributed by atoms with Crippen molar-refractivity contribution in [1.29, 1.82) is 0 Å². The predicted octanol–water partition coefficient (Wildman–Crippen LogP) is 2.43. The fourth-order valence-electron chi connectivity index (χ4n) is 1.34. The van der Waals surface area contributed by atoms with Gasteiger partial charge < -0.3 is 15.6 Å². The third-order valence-corrected chi connectivity index (χ3v) is 2.26. The lowest BCUT2D eigenvalue weighted by Crippen LogP contribution is -2.01. The number of benzene rings is 1. The smallest absolute Gasteiger partial charge is 0.354 e. The summed E-state index contributed by atoms with van der Waals surface area (Å²) in [6, 6.07) is 4.71. The average Bonchev–Trinajstić information content (AvgIpc) is 2.40. The molecule has 0 bridgehead atoms. The molecule has 19 heavy (non-hydrogen) atoms. The van der Waals surface area contributed by atoms with Crippen LogP contribution in [0.2, 0.25) is 0 Å². The van der Waals surface area contributed by atoms with Crippen LogP contribution in [0.25, 0.3) is 0 Å². The van der Waals surface area contributed by atoms with Gasteiger partial charge in [-0.25, -0.2) is 14.2 Å². The van der Waals surface area contributed by atoms with E-state index < -0.39 is 23.4 Å². The largest absolute Gasteiger partial charge is 0.477 e. The molecule has 1 aromatic carbocycles. The summed E-state index contributed by atoms with van der Waals surface area (Å²) in [6.07, 6.45) is 1.18. The first-order chi connectivity index (χ1) is 8.99. The van der Waals surface area contributed by atoms with Crippen molar-refractivity contribution in [1.82, 2.24) is 4.98 Å². The van der Waals surface area contributed by atoms with E-state index in [1.807, 2.05) is 0 Å². The molecule has 5 nitrogen and oxygen atoms in total. The molecule has 2 rings (SSSR count). The van der Waals surface area contributed by atoms with E-state index >= 15 is 0 Å². The number of nitrogen functional groups attached to an aromatic ring is 1. The number of anilines is 1. The minimum Gasteiger partial charge on any atom is -0.477 e. The molecule has 3 N–H and O–H groups in total. The van der Waals surface area contributed by atoms with Crippen LogP contribution in [0.15, 0.2) is 30.5 Å². The molecule has 0 aliphatic carbocycles. The standard InChI is InChI=1S/C12H8F2N2O3/c13-10-7(15)1-2-9(11(10)14)19-6-3-4-16-8(5-6)12(17)18/h1-5H,15H2,(H,17,18). The molecule has 0 radical (unpaired) electrons. The number of carboxylic acid groups (broad SMARTS) is 1. The highest BCUT2D eigenvalue weighted by molar-refractivity contribution is 5.85. The molecular weight excluding hydrogens is 258 g/mol. The van der Waals surface area contributed by atoms with Crippen LogP contribution in [0.3, 0.4) is 0 Å². The molecular formula is C12H8F2N2O3. The van der Waals surface area contributed by atoms with Gasteiger partial charge in [0.25, 0.3) is 0 Å². The fourth-order valence-corrected chi connectivity index (χ4v) is 1.34. The molecule has 7 heteroatoms. The molecule has 0 aliphatic heterocycles. The van der Waals surface area contributed by atoms with Crippen molar-refractivity contribution in [3.8, 4) is 11.5 Å². The summed E-state index contributed by atoms with van der Waals surface area (Å²) < 4.78 is 31.8. The Kier molecular flexibility index (Phi) is 3.28. The second kappa shape index (κ2) is 4.89. The zero-order valence-electron chi connectivity index (χ0n) is 9.43. The van der Waals surface area contributed by atoms with Crippen LogP contribution in [-0.2, 0) is 0 Å². The van der Waals surface area contributed by atoms with Gasteiger partial charge in [-0.3, -0.25) is 0 Å². The highest BCUT2D eigenvalue weighted by Crippen LogP contribution is 2.28. The Morgan fingerprint density at radius 2 is 2.00 bits per heavy atom. The van der Waals surface area contributed by atoms with Gasteiger partial charge in [0.05, 0.1) is 5.69 Å². The van der Waals surface area contributed by atoms with Crippen molar-refractivity contribution in [2.24, 2.45) is 0 Å². The number of aromatic nitrogens is 1. The lowest BCUT2D eigenvalue weighted by Gasteiger charge is -2.08. The van der Waals surface area contributed by atoms with E-state index in [1.165, 1.54) is 12.3 Å².